The van der Waals surface area contributed by atoms with Gasteiger partial charge in [-0.3, -0.25) is 4.79 Å². The molecule has 112 valence electrons. The fourth-order valence-electron chi connectivity index (χ4n) is 1.78. The van der Waals surface area contributed by atoms with E-state index in [1.165, 1.54) is 14.2 Å². The molecule has 0 aliphatic heterocycles. The first-order valence-corrected chi connectivity index (χ1v) is 7.16. The van der Waals surface area contributed by atoms with Gasteiger partial charge in [0.15, 0.2) is 0 Å². The molecule has 0 fully saturated rings. The monoisotopic (exact) mass is 345 g/mol. The first-order valence-electron chi connectivity index (χ1n) is 6.36. The molecule has 1 unspecified atom stereocenters. The Morgan fingerprint density at radius 2 is 1.90 bits per heavy atom. The predicted molar refractivity (Wildman–Crippen MR) is 80.5 cm³/mol. The van der Waals surface area contributed by atoms with E-state index in [1.54, 1.807) is 12.1 Å². The Balaban J connectivity index is 2.87. The number of aliphatic hydroxyl groups is 1. The highest BCUT2D eigenvalue weighted by atomic mass is 79.9. The average molecular weight is 346 g/mol. The second kappa shape index (κ2) is 8.11. The smallest absolute Gasteiger partial charge is 0.251 e. The molecule has 0 radical (unpaired) electrons. The molecule has 0 heterocycles. The Morgan fingerprint density at radius 3 is 2.35 bits per heavy atom. The molecule has 1 rings (SSSR count). The number of hydrogen-bond donors (Lipinski definition) is 2. The molecule has 0 saturated carbocycles. The molecule has 5 nitrogen and oxygen atoms in total. The minimum absolute atomic E-state index is 0.00436. The van der Waals surface area contributed by atoms with Gasteiger partial charge in [0, 0.05) is 18.2 Å². The number of aliphatic hydroxyl groups excluding tert-OH is 1. The number of hydrogen-bond acceptors (Lipinski definition) is 4. The van der Waals surface area contributed by atoms with Crippen LogP contribution in [0.4, 0.5) is 0 Å². The van der Waals surface area contributed by atoms with Crippen LogP contribution in [0.3, 0.4) is 0 Å². The Morgan fingerprint density at radius 1 is 1.35 bits per heavy atom. The molecule has 1 aromatic rings. The number of halogens is 1. The molecule has 1 atom stereocenters. The topological polar surface area (TPSA) is 67.8 Å². The lowest BCUT2D eigenvalue weighted by molar-refractivity contribution is 0.0935. The fourth-order valence-corrected chi connectivity index (χ4v) is 2.33. The highest BCUT2D eigenvalue weighted by Gasteiger charge is 2.15. The quantitative estimate of drug-likeness (QED) is 0.795. The summed E-state index contributed by atoms with van der Waals surface area (Å²) >= 11 is 3.36. The van der Waals surface area contributed by atoms with Crippen molar-refractivity contribution in [2.45, 2.75) is 25.8 Å². The summed E-state index contributed by atoms with van der Waals surface area (Å²) in [6.45, 7) is 2.03. The summed E-state index contributed by atoms with van der Waals surface area (Å²) in [5, 5.41) is 11.7. The maximum atomic E-state index is 12.2. The maximum absolute atomic E-state index is 12.2. The number of carbonyl (C=O) groups excluding carboxylic acids is 1. The number of rotatable bonds is 7. The highest BCUT2D eigenvalue weighted by Crippen LogP contribution is 2.35. The third kappa shape index (κ3) is 4.38. The molecule has 0 aliphatic rings. The first-order chi connectivity index (χ1) is 9.53. The summed E-state index contributed by atoms with van der Waals surface area (Å²) in [6, 6.07) is 3.30. The number of nitrogens with one attached hydrogen (secondary N) is 1. The van der Waals surface area contributed by atoms with Gasteiger partial charge in [0.25, 0.3) is 5.91 Å². The summed E-state index contributed by atoms with van der Waals surface area (Å²) in [6.07, 6.45) is 1.39. The molecular weight excluding hydrogens is 326 g/mol. The van der Waals surface area contributed by atoms with Gasteiger partial charge in [-0.15, -0.1) is 0 Å². The Hall–Kier alpha value is -1.27. The van der Waals surface area contributed by atoms with Crippen LogP contribution in [0.15, 0.2) is 16.6 Å². The van der Waals surface area contributed by atoms with Crippen molar-refractivity contribution >= 4 is 21.8 Å². The van der Waals surface area contributed by atoms with Gasteiger partial charge in [0.1, 0.15) is 16.0 Å². The van der Waals surface area contributed by atoms with E-state index in [4.69, 9.17) is 14.6 Å². The van der Waals surface area contributed by atoms with Crippen molar-refractivity contribution in [3.8, 4) is 11.5 Å². The molecule has 2 N–H and O–H groups in total. The van der Waals surface area contributed by atoms with E-state index in [-0.39, 0.29) is 18.6 Å². The second-order valence-electron chi connectivity index (χ2n) is 4.44. The second-order valence-corrected chi connectivity index (χ2v) is 5.23. The van der Waals surface area contributed by atoms with Crippen LogP contribution in [0.2, 0.25) is 0 Å². The zero-order valence-electron chi connectivity index (χ0n) is 11.9. The van der Waals surface area contributed by atoms with Crippen molar-refractivity contribution in [2.24, 2.45) is 0 Å². The van der Waals surface area contributed by atoms with Gasteiger partial charge in [0.05, 0.1) is 14.2 Å². The molecule has 0 aliphatic carbocycles. The highest BCUT2D eigenvalue weighted by molar-refractivity contribution is 9.10. The standard InChI is InChI=1S/C14H20BrNO4/c1-9(5-4-6-17)16-14(18)10-7-11(19-2)13(15)12(8-10)20-3/h7-9,17H,4-6H2,1-3H3,(H,16,18). The van der Waals surface area contributed by atoms with Crippen molar-refractivity contribution in [1.29, 1.82) is 0 Å². The van der Waals surface area contributed by atoms with Gasteiger partial charge in [-0.25, -0.2) is 0 Å². The zero-order valence-corrected chi connectivity index (χ0v) is 13.5. The van der Waals surface area contributed by atoms with E-state index in [2.05, 4.69) is 21.2 Å². The molecule has 0 bridgehead atoms. The van der Waals surface area contributed by atoms with Crippen molar-refractivity contribution in [2.75, 3.05) is 20.8 Å². The lowest BCUT2D eigenvalue weighted by Gasteiger charge is -2.15. The van der Waals surface area contributed by atoms with Crippen LogP contribution in [-0.4, -0.2) is 37.9 Å². The third-order valence-electron chi connectivity index (χ3n) is 2.88. The molecule has 0 saturated heterocycles. The van der Waals surface area contributed by atoms with Crippen LogP contribution < -0.4 is 14.8 Å². The van der Waals surface area contributed by atoms with E-state index in [0.29, 0.717) is 28.0 Å². The van der Waals surface area contributed by atoms with Gasteiger partial charge in [-0.1, -0.05) is 0 Å². The lowest BCUT2D eigenvalue weighted by atomic mass is 10.1. The zero-order chi connectivity index (χ0) is 15.1. The number of methoxy groups -OCH3 is 2. The van der Waals surface area contributed by atoms with E-state index in [0.717, 1.165) is 6.42 Å². The molecular formula is C14H20BrNO4. The number of carbonyl (C=O) groups is 1. The van der Waals surface area contributed by atoms with Gasteiger partial charge in [-0.05, 0) is 47.8 Å². The Bertz CT molecular complexity index is 439. The Kier molecular flexibility index (Phi) is 6.81. The van der Waals surface area contributed by atoms with Crippen molar-refractivity contribution in [1.82, 2.24) is 5.32 Å². The summed E-state index contributed by atoms with van der Waals surface area (Å²) in [7, 11) is 3.07. The normalized spacial score (nSPS) is 11.8. The molecule has 1 amide bonds. The van der Waals surface area contributed by atoms with Gasteiger partial charge in [0.2, 0.25) is 0 Å². The van der Waals surface area contributed by atoms with Crippen molar-refractivity contribution in [3.05, 3.63) is 22.2 Å². The van der Waals surface area contributed by atoms with Crippen LogP contribution >= 0.6 is 15.9 Å². The van der Waals surface area contributed by atoms with Crippen LogP contribution in [0.5, 0.6) is 11.5 Å². The van der Waals surface area contributed by atoms with Gasteiger partial charge < -0.3 is 19.9 Å². The van der Waals surface area contributed by atoms with Gasteiger partial charge in [-0.2, -0.15) is 0 Å². The third-order valence-corrected chi connectivity index (χ3v) is 3.66. The van der Waals surface area contributed by atoms with Crippen molar-refractivity contribution < 1.29 is 19.4 Å². The minimum Gasteiger partial charge on any atom is -0.495 e. The summed E-state index contributed by atoms with van der Waals surface area (Å²) in [5.74, 6) is 0.884. The summed E-state index contributed by atoms with van der Waals surface area (Å²) < 4.78 is 11.1. The van der Waals surface area contributed by atoms with Crippen LogP contribution in [0.25, 0.3) is 0 Å². The first kappa shape index (κ1) is 16.8. The van der Waals surface area contributed by atoms with Crippen LogP contribution in [0, 0.1) is 0 Å². The number of ether oxygens (including phenoxy) is 2. The number of amides is 1. The SMILES string of the molecule is COc1cc(C(=O)NC(C)CCCO)cc(OC)c1Br. The van der Waals surface area contributed by atoms with Crippen molar-refractivity contribution in [3.63, 3.8) is 0 Å². The van der Waals surface area contributed by atoms with E-state index in [1.807, 2.05) is 6.92 Å². The van der Waals surface area contributed by atoms with Crippen LogP contribution in [-0.2, 0) is 0 Å². The minimum atomic E-state index is -0.195. The predicted octanol–water partition coefficient (Wildman–Crippen LogP) is 2.36. The molecule has 6 heteroatoms. The lowest BCUT2D eigenvalue weighted by Crippen LogP contribution is -2.32. The summed E-state index contributed by atoms with van der Waals surface area (Å²) in [4.78, 5) is 12.2. The van der Waals surface area contributed by atoms with E-state index < -0.39 is 0 Å². The molecule has 1 aromatic carbocycles. The Labute approximate surface area is 127 Å². The molecule has 0 spiro atoms. The van der Waals surface area contributed by atoms with E-state index >= 15 is 0 Å². The van der Waals surface area contributed by atoms with E-state index in [9.17, 15) is 4.79 Å². The average Bonchev–Trinajstić information content (AvgIpc) is 2.45. The van der Waals surface area contributed by atoms with Gasteiger partial charge >= 0.3 is 0 Å². The maximum Gasteiger partial charge on any atom is 0.251 e. The molecule has 20 heavy (non-hydrogen) atoms. The number of benzene rings is 1. The summed E-state index contributed by atoms with van der Waals surface area (Å²) in [5.41, 5.74) is 0.470. The largest absolute Gasteiger partial charge is 0.495 e. The fraction of sp³-hybridized carbons (Fsp3) is 0.500. The van der Waals surface area contributed by atoms with Crippen LogP contribution in [0.1, 0.15) is 30.1 Å². The molecule has 0 aromatic heterocycles.